The number of nitrogens with zero attached hydrogens (tertiary/aromatic N) is 3. The molecule has 0 bridgehead atoms. The van der Waals surface area contributed by atoms with Gasteiger partial charge in [0.15, 0.2) is 0 Å². The van der Waals surface area contributed by atoms with E-state index < -0.39 is 0 Å². The molecular formula is C11H9N3OS. The maximum Gasteiger partial charge on any atom is 0.258 e. The van der Waals surface area contributed by atoms with E-state index in [1.807, 2.05) is 22.2 Å². The molecule has 0 unspecified atom stereocenters. The Morgan fingerprint density at radius 1 is 1.38 bits per heavy atom. The minimum Gasteiger partial charge on any atom is -0.478 e. The van der Waals surface area contributed by atoms with Crippen LogP contribution in [0.4, 0.5) is 0 Å². The van der Waals surface area contributed by atoms with E-state index >= 15 is 0 Å². The number of ether oxygens (including phenoxy) is 1. The lowest BCUT2D eigenvalue weighted by Gasteiger charge is -2.01. The molecule has 0 aliphatic carbocycles. The van der Waals surface area contributed by atoms with Crippen LogP contribution in [0.2, 0.25) is 0 Å². The largest absolute Gasteiger partial charge is 0.478 e. The lowest BCUT2D eigenvalue weighted by atomic mass is 10.3. The average molecular weight is 231 g/mol. The number of aromatic nitrogens is 3. The molecule has 4 nitrogen and oxygen atoms in total. The lowest BCUT2D eigenvalue weighted by molar-refractivity contribution is 0.400. The second kappa shape index (κ2) is 3.61. The van der Waals surface area contributed by atoms with Gasteiger partial charge in [-0.05, 0) is 11.4 Å². The van der Waals surface area contributed by atoms with Gasteiger partial charge in [-0.2, -0.15) is 11.3 Å². The predicted octanol–water partition coefficient (Wildman–Crippen LogP) is 2.47. The molecule has 0 N–H and O–H groups in total. The first-order chi connectivity index (χ1) is 7.90. The normalized spacial score (nSPS) is 10.8. The second-order valence-electron chi connectivity index (χ2n) is 3.29. The molecule has 3 rings (SSSR count). The molecule has 0 aromatic carbocycles. The summed E-state index contributed by atoms with van der Waals surface area (Å²) in [6.07, 6.45) is 5.43. The lowest BCUT2D eigenvalue weighted by Crippen LogP contribution is -1.94. The Morgan fingerprint density at radius 3 is 3.06 bits per heavy atom. The molecule has 0 aliphatic heterocycles. The topological polar surface area (TPSA) is 39.4 Å². The van der Waals surface area contributed by atoms with Crippen LogP contribution in [0.15, 0.2) is 35.4 Å². The summed E-state index contributed by atoms with van der Waals surface area (Å²) in [5.74, 6) is 0.545. The van der Waals surface area contributed by atoms with Gasteiger partial charge in [0.25, 0.3) is 5.88 Å². The molecule has 0 aliphatic rings. The third-order valence-corrected chi connectivity index (χ3v) is 3.09. The summed E-state index contributed by atoms with van der Waals surface area (Å²) in [6, 6.07) is 2.07. The maximum absolute atomic E-state index is 5.17. The van der Waals surface area contributed by atoms with Crippen LogP contribution in [-0.4, -0.2) is 21.5 Å². The summed E-state index contributed by atoms with van der Waals surface area (Å²) in [5.41, 5.74) is 2.95. The van der Waals surface area contributed by atoms with E-state index in [9.17, 15) is 0 Å². The standard InChI is InChI=1S/C11H9N3OS/c1-15-11-10-13-6-9(8-2-5-16-7-8)14(10)4-3-12-11/h2-7H,1H3. The van der Waals surface area contributed by atoms with Gasteiger partial charge in [-0.25, -0.2) is 9.97 Å². The smallest absolute Gasteiger partial charge is 0.258 e. The third-order valence-electron chi connectivity index (χ3n) is 2.41. The summed E-state index contributed by atoms with van der Waals surface area (Å²) in [4.78, 5) is 8.44. The Morgan fingerprint density at radius 2 is 2.31 bits per heavy atom. The van der Waals surface area contributed by atoms with Crippen molar-refractivity contribution in [3.63, 3.8) is 0 Å². The Bertz CT molecular complexity index is 615. The third kappa shape index (κ3) is 1.29. The zero-order valence-electron chi connectivity index (χ0n) is 8.62. The first kappa shape index (κ1) is 9.35. The van der Waals surface area contributed by atoms with Gasteiger partial charge in [0.05, 0.1) is 19.0 Å². The highest BCUT2D eigenvalue weighted by Gasteiger charge is 2.10. The number of imidazole rings is 1. The molecule has 3 aromatic rings. The summed E-state index contributed by atoms with van der Waals surface area (Å²) >= 11 is 1.67. The monoisotopic (exact) mass is 231 g/mol. The molecule has 0 radical (unpaired) electrons. The molecule has 0 spiro atoms. The zero-order chi connectivity index (χ0) is 11.0. The molecule has 0 atom stereocenters. The highest BCUT2D eigenvalue weighted by atomic mass is 32.1. The molecule has 0 saturated carbocycles. The van der Waals surface area contributed by atoms with Crippen LogP contribution in [0.25, 0.3) is 16.9 Å². The van der Waals surface area contributed by atoms with Gasteiger partial charge in [-0.1, -0.05) is 0 Å². The van der Waals surface area contributed by atoms with Gasteiger partial charge in [-0.15, -0.1) is 0 Å². The Hall–Kier alpha value is -1.88. The number of fused-ring (bicyclic) bond motifs is 1. The molecule has 3 heterocycles. The van der Waals surface area contributed by atoms with Gasteiger partial charge in [0.2, 0.25) is 5.65 Å². The van der Waals surface area contributed by atoms with E-state index in [1.54, 1.807) is 24.6 Å². The number of hydrogen-bond donors (Lipinski definition) is 0. The number of hydrogen-bond acceptors (Lipinski definition) is 4. The molecule has 80 valence electrons. The minimum atomic E-state index is 0.545. The highest BCUT2D eigenvalue weighted by Crippen LogP contribution is 2.25. The first-order valence-electron chi connectivity index (χ1n) is 4.79. The fourth-order valence-electron chi connectivity index (χ4n) is 1.66. The summed E-state index contributed by atoms with van der Waals surface area (Å²) in [5, 5.41) is 4.14. The fraction of sp³-hybridized carbons (Fsp3) is 0.0909. The number of rotatable bonds is 2. The fourth-order valence-corrected chi connectivity index (χ4v) is 2.31. The van der Waals surface area contributed by atoms with Crippen LogP contribution < -0.4 is 4.74 Å². The van der Waals surface area contributed by atoms with E-state index in [2.05, 4.69) is 21.4 Å². The van der Waals surface area contributed by atoms with Crippen molar-refractivity contribution in [1.29, 1.82) is 0 Å². The van der Waals surface area contributed by atoms with Crippen LogP contribution in [-0.2, 0) is 0 Å². The maximum atomic E-state index is 5.17. The van der Waals surface area contributed by atoms with Gasteiger partial charge in [0, 0.05) is 23.3 Å². The van der Waals surface area contributed by atoms with Crippen LogP contribution in [0.5, 0.6) is 5.88 Å². The van der Waals surface area contributed by atoms with Crippen molar-refractivity contribution >= 4 is 17.0 Å². The van der Waals surface area contributed by atoms with Crippen LogP contribution >= 0.6 is 11.3 Å². The van der Waals surface area contributed by atoms with Crippen molar-refractivity contribution in [2.45, 2.75) is 0 Å². The van der Waals surface area contributed by atoms with Crippen LogP contribution in [0.3, 0.4) is 0 Å². The Kier molecular flexibility index (Phi) is 2.11. The van der Waals surface area contributed by atoms with Crippen molar-refractivity contribution < 1.29 is 4.74 Å². The van der Waals surface area contributed by atoms with Crippen molar-refractivity contribution in [2.24, 2.45) is 0 Å². The van der Waals surface area contributed by atoms with E-state index in [0.29, 0.717) is 5.88 Å². The number of thiophene rings is 1. The van der Waals surface area contributed by atoms with Crippen LogP contribution in [0, 0.1) is 0 Å². The molecular weight excluding hydrogens is 222 g/mol. The van der Waals surface area contributed by atoms with E-state index in [4.69, 9.17) is 4.74 Å². The van der Waals surface area contributed by atoms with Gasteiger partial charge in [-0.3, -0.25) is 4.40 Å². The zero-order valence-corrected chi connectivity index (χ0v) is 9.44. The second-order valence-corrected chi connectivity index (χ2v) is 4.07. The van der Waals surface area contributed by atoms with Crippen molar-refractivity contribution in [2.75, 3.05) is 7.11 Å². The van der Waals surface area contributed by atoms with Gasteiger partial charge < -0.3 is 4.74 Å². The van der Waals surface area contributed by atoms with E-state index in [0.717, 1.165) is 16.9 Å². The molecule has 0 amide bonds. The van der Waals surface area contributed by atoms with Crippen LogP contribution in [0.1, 0.15) is 0 Å². The summed E-state index contributed by atoms with van der Waals surface area (Å²) < 4.78 is 7.15. The Labute approximate surface area is 96.2 Å². The molecule has 5 heteroatoms. The molecule has 16 heavy (non-hydrogen) atoms. The molecule has 0 fully saturated rings. The van der Waals surface area contributed by atoms with Crippen molar-refractivity contribution in [3.8, 4) is 17.1 Å². The average Bonchev–Trinajstić information content (AvgIpc) is 2.96. The van der Waals surface area contributed by atoms with Crippen molar-refractivity contribution in [3.05, 3.63) is 35.4 Å². The first-order valence-corrected chi connectivity index (χ1v) is 5.73. The van der Waals surface area contributed by atoms with E-state index in [1.165, 1.54) is 0 Å². The SMILES string of the molecule is COc1nccn2c(-c3ccsc3)cnc12. The summed E-state index contributed by atoms with van der Waals surface area (Å²) in [7, 11) is 1.60. The minimum absolute atomic E-state index is 0.545. The number of methoxy groups -OCH3 is 1. The van der Waals surface area contributed by atoms with Gasteiger partial charge in [0.1, 0.15) is 0 Å². The predicted molar refractivity (Wildman–Crippen MR) is 62.9 cm³/mol. The molecule has 3 aromatic heterocycles. The quantitative estimate of drug-likeness (QED) is 0.680. The Balaban J connectivity index is 2.29. The van der Waals surface area contributed by atoms with E-state index in [-0.39, 0.29) is 0 Å². The highest BCUT2D eigenvalue weighted by molar-refractivity contribution is 7.08. The molecule has 0 saturated heterocycles. The van der Waals surface area contributed by atoms with Gasteiger partial charge >= 0.3 is 0 Å². The summed E-state index contributed by atoms with van der Waals surface area (Å²) in [6.45, 7) is 0. The van der Waals surface area contributed by atoms with Crippen molar-refractivity contribution in [1.82, 2.24) is 14.4 Å².